The highest BCUT2D eigenvalue weighted by Crippen LogP contribution is 2.20. The first-order valence-corrected chi connectivity index (χ1v) is 9.85. The average molecular weight is 380 g/mol. The standard InChI is InChI=1S/C17H21FN4O3S/c1-11-16(12(2)20-19-11)26(24,25)21-15-7-9-22(10-8-15)17(23)13-3-5-14(18)6-4-13/h3-6,15,21H,7-10H2,1-2H3,(H,19,20). The second-order valence-corrected chi connectivity index (χ2v) is 8.11. The second kappa shape index (κ2) is 7.16. The molecule has 0 saturated carbocycles. The normalized spacial score (nSPS) is 16.0. The summed E-state index contributed by atoms with van der Waals surface area (Å²) < 4.78 is 40.9. The molecule has 26 heavy (non-hydrogen) atoms. The fraction of sp³-hybridized carbons (Fsp3) is 0.412. The number of H-pyrrole nitrogens is 1. The van der Waals surface area contributed by atoms with Crippen molar-refractivity contribution in [2.75, 3.05) is 13.1 Å². The number of aryl methyl sites for hydroxylation is 2. The largest absolute Gasteiger partial charge is 0.339 e. The van der Waals surface area contributed by atoms with Gasteiger partial charge >= 0.3 is 0 Å². The van der Waals surface area contributed by atoms with Gasteiger partial charge in [-0.05, 0) is 51.0 Å². The zero-order valence-electron chi connectivity index (χ0n) is 14.6. The van der Waals surface area contributed by atoms with Crippen molar-refractivity contribution in [1.82, 2.24) is 19.8 Å². The van der Waals surface area contributed by atoms with Gasteiger partial charge < -0.3 is 4.90 Å². The van der Waals surface area contributed by atoms with Crippen LogP contribution in [0.4, 0.5) is 4.39 Å². The minimum atomic E-state index is -3.66. The number of amides is 1. The smallest absolute Gasteiger partial charge is 0.253 e. The highest BCUT2D eigenvalue weighted by Gasteiger charge is 2.29. The van der Waals surface area contributed by atoms with Crippen molar-refractivity contribution in [3.05, 3.63) is 47.0 Å². The lowest BCUT2D eigenvalue weighted by Crippen LogP contribution is -2.46. The molecule has 140 valence electrons. The van der Waals surface area contributed by atoms with Crippen LogP contribution < -0.4 is 4.72 Å². The third kappa shape index (κ3) is 3.78. The minimum Gasteiger partial charge on any atom is -0.339 e. The maximum absolute atomic E-state index is 13.0. The van der Waals surface area contributed by atoms with Crippen molar-refractivity contribution in [2.45, 2.75) is 37.6 Å². The van der Waals surface area contributed by atoms with Gasteiger partial charge in [-0.25, -0.2) is 17.5 Å². The molecular formula is C17H21FN4O3S. The van der Waals surface area contributed by atoms with Crippen LogP contribution in [0, 0.1) is 19.7 Å². The van der Waals surface area contributed by atoms with Crippen LogP contribution in [0.1, 0.15) is 34.6 Å². The van der Waals surface area contributed by atoms with Crippen molar-refractivity contribution < 1.29 is 17.6 Å². The molecule has 1 aliphatic heterocycles. The monoisotopic (exact) mass is 380 g/mol. The number of halogens is 1. The van der Waals surface area contributed by atoms with E-state index in [4.69, 9.17) is 0 Å². The predicted molar refractivity (Wildman–Crippen MR) is 93.7 cm³/mol. The number of piperidine rings is 1. The number of aromatic nitrogens is 2. The van der Waals surface area contributed by atoms with E-state index in [1.54, 1.807) is 18.7 Å². The Bertz CT molecular complexity index is 881. The number of likely N-dealkylation sites (tertiary alicyclic amines) is 1. The molecular weight excluding hydrogens is 359 g/mol. The second-order valence-electron chi connectivity index (χ2n) is 6.46. The molecule has 2 N–H and O–H groups in total. The van der Waals surface area contributed by atoms with E-state index in [-0.39, 0.29) is 22.7 Å². The summed E-state index contributed by atoms with van der Waals surface area (Å²) >= 11 is 0. The molecule has 9 heteroatoms. The lowest BCUT2D eigenvalue weighted by Gasteiger charge is -2.32. The highest BCUT2D eigenvalue weighted by molar-refractivity contribution is 7.89. The Hall–Kier alpha value is -2.26. The van der Waals surface area contributed by atoms with E-state index in [2.05, 4.69) is 14.9 Å². The van der Waals surface area contributed by atoms with Gasteiger partial charge in [0.05, 0.1) is 11.4 Å². The molecule has 1 saturated heterocycles. The number of carbonyl (C=O) groups excluding carboxylic acids is 1. The van der Waals surface area contributed by atoms with Crippen molar-refractivity contribution >= 4 is 15.9 Å². The summed E-state index contributed by atoms with van der Waals surface area (Å²) in [6.45, 7) is 4.18. The van der Waals surface area contributed by atoms with Crippen LogP contribution in [0.15, 0.2) is 29.2 Å². The fourth-order valence-corrected chi connectivity index (χ4v) is 4.87. The molecule has 2 heterocycles. The van der Waals surface area contributed by atoms with Crippen LogP contribution >= 0.6 is 0 Å². The molecule has 1 aromatic heterocycles. The first kappa shape index (κ1) is 18.5. The quantitative estimate of drug-likeness (QED) is 0.845. The number of nitrogens with zero attached hydrogens (tertiary/aromatic N) is 2. The van der Waals surface area contributed by atoms with E-state index in [0.717, 1.165) is 0 Å². The Morgan fingerprint density at radius 2 is 1.85 bits per heavy atom. The van der Waals surface area contributed by atoms with Crippen molar-refractivity contribution in [2.24, 2.45) is 0 Å². The van der Waals surface area contributed by atoms with Gasteiger partial charge in [0, 0.05) is 24.7 Å². The van der Waals surface area contributed by atoms with Gasteiger partial charge in [0.1, 0.15) is 10.7 Å². The van der Waals surface area contributed by atoms with E-state index < -0.39 is 10.0 Å². The van der Waals surface area contributed by atoms with Gasteiger partial charge in [-0.3, -0.25) is 9.89 Å². The van der Waals surface area contributed by atoms with Crippen LogP contribution in [0.5, 0.6) is 0 Å². The highest BCUT2D eigenvalue weighted by atomic mass is 32.2. The van der Waals surface area contributed by atoms with Crippen LogP contribution in [-0.2, 0) is 10.0 Å². The van der Waals surface area contributed by atoms with Gasteiger partial charge in [-0.15, -0.1) is 0 Å². The molecule has 1 aromatic carbocycles. The molecule has 3 rings (SSSR count). The maximum Gasteiger partial charge on any atom is 0.253 e. The van der Waals surface area contributed by atoms with Crippen molar-refractivity contribution in [3.63, 3.8) is 0 Å². The summed E-state index contributed by atoms with van der Waals surface area (Å²) in [5.74, 6) is -0.563. The Balaban J connectivity index is 1.62. The molecule has 2 aromatic rings. The Morgan fingerprint density at radius 1 is 1.23 bits per heavy atom. The first-order chi connectivity index (χ1) is 12.3. The minimum absolute atomic E-state index is 0.173. The van der Waals surface area contributed by atoms with E-state index in [1.807, 2.05) is 0 Å². The molecule has 0 aliphatic carbocycles. The third-order valence-corrected chi connectivity index (χ3v) is 6.31. The predicted octanol–water partition coefficient (Wildman–Crippen LogP) is 1.75. The number of hydrogen-bond acceptors (Lipinski definition) is 4. The Morgan fingerprint density at radius 3 is 2.38 bits per heavy atom. The van der Waals surface area contributed by atoms with E-state index in [1.165, 1.54) is 24.3 Å². The van der Waals surface area contributed by atoms with Gasteiger partial charge in [0.2, 0.25) is 10.0 Å². The zero-order chi connectivity index (χ0) is 18.9. The van der Waals surface area contributed by atoms with Crippen molar-refractivity contribution in [3.8, 4) is 0 Å². The number of hydrogen-bond donors (Lipinski definition) is 2. The first-order valence-electron chi connectivity index (χ1n) is 8.36. The fourth-order valence-electron chi connectivity index (χ4n) is 3.19. The Kier molecular flexibility index (Phi) is 5.10. The number of sulfonamides is 1. The van der Waals surface area contributed by atoms with Crippen LogP contribution in [0.2, 0.25) is 0 Å². The number of carbonyl (C=O) groups is 1. The maximum atomic E-state index is 13.0. The van der Waals surface area contributed by atoms with Gasteiger partial charge in [0.15, 0.2) is 0 Å². The summed E-state index contributed by atoms with van der Waals surface area (Å²) in [5, 5.41) is 6.60. The van der Waals surface area contributed by atoms with Crippen LogP contribution in [0.25, 0.3) is 0 Å². The van der Waals surface area contributed by atoms with Gasteiger partial charge in [-0.2, -0.15) is 5.10 Å². The molecule has 1 amide bonds. The van der Waals surface area contributed by atoms with Crippen LogP contribution in [-0.4, -0.2) is 48.6 Å². The number of rotatable bonds is 4. The lowest BCUT2D eigenvalue weighted by molar-refractivity contribution is 0.0711. The van der Waals surface area contributed by atoms with Gasteiger partial charge in [-0.1, -0.05) is 0 Å². The molecule has 1 aliphatic rings. The summed E-state index contributed by atoms with van der Waals surface area (Å²) in [6, 6.07) is 5.17. The summed E-state index contributed by atoms with van der Waals surface area (Å²) in [7, 11) is -3.66. The molecule has 0 atom stereocenters. The molecule has 0 radical (unpaired) electrons. The van der Waals surface area contributed by atoms with Crippen LogP contribution in [0.3, 0.4) is 0 Å². The average Bonchev–Trinajstić information content (AvgIpc) is 2.95. The van der Waals surface area contributed by atoms with Crippen molar-refractivity contribution in [1.29, 1.82) is 0 Å². The Labute approximate surface area is 151 Å². The number of nitrogens with one attached hydrogen (secondary N) is 2. The topological polar surface area (TPSA) is 95.2 Å². The number of aromatic amines is 1. The van der Waals surface area contributed by atoms with Gasteiger partial charge in [0.25, 0.3) is 5.91 Å². The molecule has 1 fully saturated rings. The lowest BCUT2D eigenvalue weighted by atomic mass is 10.0. The molecule has 7 nitrogen and oxygen atoms in total. The van der Waals surface area contributed by atoms with E-state index in [9.17, 15) is 17.6 Å². The summed E-state index contributed by atoms with van der Waals surface area (Å²) in [6.07, 6.45) is 1.03. The van der Waals surface area contributed by atoms with E-state index in [0.29, 0.717) is 42.9 Å². The zero-order valence-corrected chi connectivity index (χ0v) is 15.4. The summed E-state index contributed by atoms with van der Waals surface area (Å²) in [5.41, 5.74) is 1.35. The van der Waals surface area contributed by atoms with E-state index >= 15 is 0 Å². The molecule has 0 spiro atoms. The molecule has 0 unspecified atom stereocenters. The summed E-state index contributed by atoms with van der Waals surface area (Å²) in [4.78, 5) is 14.3. The molecule has 0 bridgehead atoms. The number of benzene rings is 1. The third-order valence-electron chi connectivity index (χ3n) is 4.52. The SMILES string of the molecule is Cc1n[nH]c(C)c1S(=O)(=O)NC1CCN(C(=O)c2ccc(F)cc2)CC1.